The highest BCUT2D eigenvalue weighted by Gasteiger charge is 2.22. The Morgan fingerprint density at radius 3 is 2.93 bits per heavy atom. The molecule has 0 bridgehead atoms. The number of urea groups is 1. The van der Waals surface area contributed by atoms with E-state index in [2.05, 4.69) is 27.7 Å². The van der Waals surface area contributed by atoms with E-state index < -0.39 is 6.03 Å². The van der Waals surface area contributed by atoms with Crippen molar-refractivity contribution in [1.29, 1.82) is 0 Å². The van der Waals surface area contributed by atoms with E-state index in [0.717, 1.165) is 38.7 Å². The van der Waals surface area contributed by atoms with Crippen LogP contribution in [0.5, 0.6) is 0 Å². The predicted molar refractivity (Wildman–Crippen MR) is 111 cm³/mol. The summed E-state index contributed by atoms with van der Waals surface area (Å²) in [5, 5.41) is 7.30. The highest BCUT2D eigenvalue weighted by atomic mass is 32.1. The smallest absolute Gasteiger partial charge is 0.321 e. The number of nitrogens with zero attached hydrogens (tertiary/aromatic N) is 1. The van der Waals surface area contributed by atoms with Crippen molar-refractivity contribution in [2.45, 2.75) is 57.6 Å². The Kier molecular flexibility index (Phi) is 8.51. The van der Waals surface area contributed by atoms with Gasteiger partial charge in [-0.3, -0.25) is 15.0 Å². The minimum Gasteiger partial charge on any atom is -0.377 e. The van der Waals surface area contributed by atoms with Gasteiger partial charge in [0.15, 0.2) is 0 Å². The van der Waals surface area contributed by atoms with E-state index in [-0.39, 0.29) is 18.6 Å². The standard InChI is InChI=1S/C21H31N3O3S/c25-20(23-21(26)22-11-10-17-6-2-1-3-7-17)16-24(14-18-8-4-12-27-18)15-19-9-5-13-28-19/h5-6,9,13,18H,1-4,7-8,10-12,14-16H2,(H2,22,23,25,26)/t18-/m0/s1. The van der Waals surface area contributed by atoms with Gasteiger partial charge in [0.1, 0.15) is 0 Å². The molecule has 0 saturated carbocycles. The molecule has 0 unspecified atom stereocenters. The number of carbonyl (C=O) groups is 2. The maximum Gasteiger partial charge on any atom is 0.321 e. The van der Waals surface area contributed by atoms with Crippen molar-refractivity contribution in [2.75, 3.05) is 26.2 Å². The van der Waals surface area contributed by atoms with Crippen molar-refractivity contribution >= 4 is 23.3 Å². The van der Waals surface area contributed by atoms with Crippen LogP contribution < -0.4 is 10.6 Å². The van der Waals surface area contributed by atoms with Gasteiger partial charge >= 0.3 is 6.03 Å². The van der Waals surface area contributed by atoms with Crippen LogP contribution in [0.25, 0.3) is 0 Å². The summed E-state index contributed by atoms with van der Waals surface area (Å²) < 4.78 is 5.72. The quantitative estimate of drug-likeness (QED) is 0.618. The molecule has 2 heterocycles. The molecule has 1 aromatic heterocycles. The third-order valence-corrected chi connectivity index (χ3v) is 6.04. The summed E-state index contributed by atoms with van der Waals surface area (Å²) in [4.78, 5) is 27.7. The summed E-state index contributed by atoms with van der Waals surface area (Å²) in [6.45, 7) is 2.96. The Hall–Kier alpha value is -1.70. The van der Waals surface area contributed by atoms with Crippen molar-refractivity contribution in [3.8, 4) is 0 Å². The molecule has 2 aliphatic rings. The third kappa shape index (κ3) is 7.37. The van der Waals surface area contributed by atoms with Crippen molar-refractivity contribution in [1.82, 2.24) is 15.5 Å². The van der Waals surface area contributed by atoms with Crippen LogP contribution in [0.2, 0.25) is 0 Å². The summed E-state index contributed by atoms with van der Waals surface area (Å²) in [5.74, 6) is -0.274. The Labute approximate surface area is 171 Å². The number of ether oxygens (including phenoxy) is 1. The van der Waals surface area contributed by atoms with Gasteiger partial charge < -0.3 is 10.1 Å². The van der Waals surface area contributed by atoms with E-state index in [4.69, 9.17) is 4.74 Å². The maximum absolute atomic E-state index is 12.4. The van der Waals surface area contributed by atoms with E-state index in [1.54, 1.807) is 11.3 Å². The lowest BCUT2D eigenvalue weighted by molar-refractivity contribution is -0.121. The van der Waals surface area contributed by atoms with Crippen LogP contribution in [0.1, 0.15) is 49.8 Å². The van der Waals surface area contributed by atoms with Gasteiger partial charge in [-0.2, -0.15) is 0 Å². The number of rotatable bonds is 9. The number of carbonyl (C=O) groups excluding carboxylic acids is 2. The van der Waals surface area contributed by atoms with Gasteiger partial charge in [0.25, 0.3) is 0 Å². The Bertz CT molecular complexity index is 654. The molecule has 1 aliphatic heterocycles. The second-order valence-electron chi connectivity index (χ2n) is 7.55. The summed E-state index contributed by atoms with van der Waals surface area (Å²) in [5.41, 5.74) is 1.41. The fourth-order valence-electron chi connectivity index (χ4n) is 3.77. The molecule has 0 radical (unpaired) electrons. The van der Waals surface area contributed by atoms with Gasteiger partial charge in [-0.1, -0.05) is 17.7 Å². The SMILES string of the molecule is O=C(CN(Cc1cccs1)C[C@@H]1CCCO1)NC(=O)NCCC1=CCCCC1. The van der Waals surface area contributed by atoms with Crippen molar-refractivity contribution in [2.24, 2.45) is 0 Å². The second kappa shape index (κ2) is 11.3. The third-order valence-electron chi connectivity index (χ3n) is 5.18. The van der Waals surface area contributed by atoms with Crippen LogP contribution in [-0.4, -0.2) is 49.2 Å². The number of nitrogens with one attached hydrogen (secondary N) is 2. The minimum atomic E-state index is -0.408. The molecule has 1 aromatic rings. The summed E-state index contributed by atoms with van der Waals surface area (Å²) in [7, 11) is 0. The monoisotopic (exact) mass is 405 g/mol. The van der Waals surface area contributed by atoms with E-state index in [1.165, 1.54) is 23.3 Å². The fraction of sp³-hybridized carbons (Fsp3) is 0.619. The highest BCUT2D eigenvalue weighted by molar-refractivity contribution is 7.09. The van der Waals surface area contributed by atoms with Crippen LogP contribution >= 0.6 is 11.3 Å². The summed E-state index contributed by atoms with van der Waals surface area (Å²) in [6, 6.07) is 3.67. The molecule has 2 N–H and O–H groups in total. The van der Waals surface area contributed by atoms with Gasteiger partial charge in [0.05, 0.1) is 12.6 Å². The van der Waals surface area contributed by atoms with Crippen LogP contribution in [0.15, 0.2) is 29.2 Å². The van der Waals surface area contributed by atoms with Crippen LogP contribution in [0.4, 0.5) is 4.79 Å². The van der Waals surface area contributed by atoms with Gasteiger partial charge in [0.2, 0.25) is 5.91 Å². The number of hydrogen-bond acceptors (Lipinski definition) is 5. The number of amides is 3. The van der Waals surface area contributed by atoms with Gasteiger partial charge in [-0.25, -0.2) is 4.79 Å². The summed E-state index contributed by atoms with van der Waals surface area (Å²) in [6.07, 6.45) is 10.2. The molecular formula is C21H31N3O3S. The first-order valence-electron chi connectivity index (χ1n) is 10.3. The van der Waals surface area contributed by atoms with Crippen molar-refractivity contribution in [3.63, 3.8) is 0 Å². The zero-order valence-corrected chi connectivity index (χ0v) is 17.3. The molecule has 1 aliphatic carbocycles. The number of hydrogen-bond donors (Lipinski definition) is 2. The number of thiophene rings is 1. The minimum absolute atomic E-state index is 0.172. The zero-order valence-electron chi connectivity index (χ0n) is 16.5. The Balaban J connectivity index is 1.41. The number of allylic oxidation sites excluding steroid dienone is 1. The molecule has 3 amide bonds. The maximum atomic E-state index is 12.4. The largest absolute Gasteiger partial charge is 0.377 e. The zero-order chi connectivity index (χ0) is 19.6. The lowest BCUT2D eigenvalue weighted by Crippen LogP contribution is -2.45. The Morgan fingerprint density at radius 1 is 1.29 bits per heavy atom. The van der Waals surface area contributed by atoms with E-state index >= 15 is 0 Å². The van der Waals surface area contributed by atoms with Crippen LogP contribution in [0, 0.1) is 0 Å². The molecule has 1 fully saturated rings. The number of imide groups is 1. The summed E-state index contributed by atoms with van der Waals surface area (Å²) >= 11 is 1.68. The van der Waals surface area contributed by atoms with Crippen LogP contribution in [-0.2, 0) is 16.1 Å². The first-order chi connectivity index (χ1) is 13.7. The molecule has 6 nitrogen and oxygen atoms in total. The van der Waals surface area contributed by atoms with Crippen LogP contribution in [0.3, 0.4) is 0 Å². The highest BCUT2D eigenvalue weighted by Crippen LogP contribution is 2.19. The molecule has 3 rings (SSSR count). The average molecular weight is 406 g/mol. The molecule has 28 heavy (non-hydrogen) atoms. The van der Waals surface area contributed by atoms with Gasteiger partial charge in [0, 0.05) is 31.1 Å². The lowest BCUT2D eigenvalue weighted by Gasteiger charge is -2.24. The lowest BCUT2D eigenvalue weighted by atomic mass is 9.97. The van der Waals surface area contributed by atoms with E-state index in [0.29, 0.717) is 19.6 Å². The van der Waals surface area contributed by atoms with Gasteiger partial charge in [-0.15, -0.1) is 11.3 Å². The molecular weight excluding hydrogens is 374 g/mol. The molecule has 154 valence electrons. The first kappa shape index (κ1) is 21.0. The first-order valence-corrected chi connectivity index (χ1v) is 11.2. The molecule has 1 atom stereocenters. The fourth-order valence-corrected chi connectivity index (χ4v) is 4.51. The molecule has 1 saturated heterocycles. The van der Waals surface area contributed by atoms with Crippen molar-refractivity contribution in [3.05, 3.63) is 34.0 Å². The van der Waals surface area contributed by atoms with Gasteiger partial charge in [-0.05, 0) is 56.4 Å². The predicted octanol–water partition coefficient (Wildman–Crippen LogP) is 3.45. The second-order valence-corrected chi connectivity index (χ2v) is 8.58. The Morgan fingerprint density at radius 2 is 2.21 bits per heavy atom. The van der Waals surface area contributed by atoms with E-state index in [9.17, 15) is 9.59 Å². The average Bonchev–Trinajstić information content (AvgIpc) is 3.36. The van der Waals surface area contributed by atoms with E-state index in [1.807, 2.05) is 11.4 Å². The normalized spacial score (nSPS) is 19.5. The topological polar surface area (TPSA) is 70.7 Å². The molecule has 0 spiro atoms. The molecule has 0 aromatic carbocycles. The molecule has 7 heteroatoms. The van der Waals surface area contributed by atoms with Crippen molar-refractivity contribution < 1.29 is 14.3 Å².